The summed E-state index contributed by atoms with van der Waals surface area (Å²) in [5.41, 5.74) is 0.959. The molecule has 3 rings (SSSR count). The molecule has 1 amide bonds. The van der Waals surface area contributed by atoms with Gasteiger partial charge in [-0.1, -0.05) is 6.58 Å². The first kappa shape index (κ1) is 19.2. The molecule has 2 heterocycles. The number of methoxy groups -OCH3 is 1. The summed E-state index contributed by atoms with van der Waals surface area (Å²) in [5, 5.41) is 1.73. The van der Waals surface area contributed by atoms with Crippen LogP contribution in [0.2, 0.25) is 0 Å². The van der Waals surface area contributed by atoms with Gasteiger partial charge in [0.2, 0.25) is 0 Å². The van der Waals surface area contributed by atoms with Crippen LogP contribution in [0.25, 0.3) is 6.08 Å². The number of imidazole rings is 1. The van der Waals surface area contributed by atoms with Crippen LogP contribution < -0.4 is 5.01 Å². The lowest BCUT2D eigenvalue weighted by Crippen LogP contribution is -2.50. The lowest BCUT2D eigenvalue weighted by atomic mass is 9.92. The molecule has 0 spiro atoms. The van der Waals surface area contributed by atoms with Gasteiger partial charge in [0.05, 0.1) is 31.1 Å². The summed E-state index contributed by atoms with van der Waals surface area (Å²) in [4.78, 5) is 25.5. The van der Waals surface area contributed by atoms with Crippen LogP contribution in [0, 0.1) is 0 Å². The minimum atomic E-state index is -0.178. The maximum absolute atomic E-state index is 13.2. The Bertz CT molecular complexity index is 742. The Morgan fingerprint density at radius 3 is 2.81 bits per heavy atom. The summed E-state index contributed by atoms with van der Waals surface area (Å²) >= 11 is 0. The standard InChI is InChI=1S/C19H25N5O3/c1-3-15-12-18(22-13-21-15)19(25)24(23-9-8-20-14-23)16-4-6-17(7-5-16)27-11-10-26-2/h3,8-9,12-14,16-17H,1,4-7,10-11H2,2H3. The molecule has 2 aromatic rings. The topological polar surface area (TPSA) is 82.4 Å². The average molecular weight is 371 g/mol. The first-order valence-corrected chi connectivity index (χ1v) is 9.09. The predicted molar refractivity (Wildman–Crippen MR) is 101 cm³/mol. The van der Waals surface area contributed by atoms with E-state index in [1.807, 2.05) is 0 Å². The second-order valence-electron chi connectivity index (χ2n) is 6.42. The highest BCUT2D eigenvalue weighted by molar-refractivity contribution is 6.00. The minimum absolute atomic E-state index is 0.0520. The SMILES string of the molecule is C=Cc1cc(C(=O)N(C2CCC(OCCOC)CC2)n2ccnc2)ncn1. The van der Waals surface area contributed by atoms with Crippen LogP contribution in [0.15, 0.2) is 37.7 Å². The van der Waals surface area contributed by atoms with E-state index in [1.54, 1.807) is 47.7 Å². The third-order valence-electron chi connectivity index (χ3n) is 4.69. The van der Waals surface area contributed by atoms with Crippen LogP contribution in [0.3, 0.4) is 0 Å². The van der Waals surface area contributed by atoms with Gasteiger partial charge in [0.1, 0.15) is 18.3 Å². The van der Waals surface area contributed by atoms with Gasteiger partial charge in [-0.2, -0.15) is 0 Å². The number of rotatable bonds is 8. The molecule has 8 nitrogen and oxygen atoms in total. The molecule has 2 aromatic heterocycles. The van der Waals surface area contributed by atoms with Crippen LogP contribution in [-0.2, 0) is 9.47 Å². The van der Waals surface area contributed by atoms with Gasteiger partial charge in [0, 0.05) is 19.5 Å². The summed E-state index contributed by atoms with van der Waals surface area (Å²) in [6.45, 7) is 4.90. The first-order chi connectivity index (χ1) is 13.2. The normalized spacial score (nSPS) is 19.6. The molecule has 8 heteroatoms. The molecule has 0 aromatic carbocycles. The van der Waals surface area contributed by atoms with Crippen molar-refractivity contribution < 1.29 is 14.3 Å². The maximum atomic E-state index is 13.2. The molecule has 1 saturated carbocycles. The van der Waals surface area contributed by atoms with Crippen LogP contribution in [0.4, 0.5) is 0 Å². The number of carbonyl (C=O) groups excluding carboxylic acids is 1. The number of hydrogen-bond acceptors (Lipinski definition) is 6. The van der Waals surface area contributed by atoms with E-state index in [4.69, 9.17) is 9.47 Å². The molecule has 144 valence electrons. The summed E-state index contributed by atoms with van der Waals surface area (Å²) in [7, 11) is 1.67. The molecule has 1 fully saturated rings. The van der Waals surface area contributed by atoms with E-state index in [9.17, 15) is 4.79 Å². The Hall–Kier alpha value is -2.58. The highest BCUT2D eigenvalue weighted by Gasteiger charge is 2.31. The van der Waals surface area contributed by atoms with Crippen LogP contribution in [0.1, 0.15) is 41.9 Å². The lowest BCUT2D eigenvalue weighted by molar-refractivity contribution is -0.00371. The zero-order valence-electron chi connectivity index (χ0n) is 15.5. The van der Waals surface area contributed by atoms with Crippen LogP contribution >= 0.6 is 0 Å². The van der Waals surface area contributed by atoms with E-state index in [1.165, 1.54) is 6.33 Å². The van der Waals surface area contributed by atoms with Crippen molar-refractivity contribution in [1.82, 2.24) is 19.6 Å². The molecule has 0 aliphatic heterocycles. The van der Waals surface area contributed by atoms with Crippen molar-refractivity contribution in [3.05, 3.63) is 49.1 Å². The van der Waals surface area contributed by atoms with Gasteiger partial charge in [0.15, 0.2) is 0 Å². The Morgan fingerprint density at radius 2 is 2.15 bits per heavy atom. The molecule has 1 aliphatic rings. The van der Waals surface area contributed by atoms with Crippen molar-refractivity contribution >= 4 is 12.0 Å². The highest BCUT2D eigenvalue weighted by Crippen LogP contribution is 2.25. The van der Waals surface area contributed by atoms with Crippen molar-refractivity contribution in [2.75, 3.05) is 25.3 Å². The van der Waals surface area contributed by atoms with Crippen LogP contribution in [0.5, 0.6) is 0 Å². The summed E-state index contributed by atoms with van der Waals surface area (Å²) in [6, 6.07) is 1.70. The molecular formula is C19H25N5O3. The summed E-state index contributed by atoms with van der Waals surface area (Å²) in [6.07, 6.45) is 11.8. The molecule has 0 unspecified atom stereocenters. The number of carbonyl (C=O) groups is 1. The monoisotopic (exact) mass is 371 g/mol. The molecule has 0 atom stereocenters. The van der Waals surface area contributed by atoms with Crippen molar-refractivity contribution in [2.45, 2.75) is 37.8 Å². The quantitative estimate of drug-likeness (QED) is 0.661. The van der Waals surface area contributed by atoms with Gasteiger partial charge in [-0.15, -0.1) is 0 Å². The maximum Gasteiger partial charge on any atom is 0.291 e. The van der Waals surface area contributed by atoms with E-state index in [0.717, 1.165) is 25.7 Å². The second-order valence-corrected chi connectivity index (χ2v) is 6.42. The predicted octanol–water partition coefficient (Wildman–Crippen LogP) is 2.07. The number of ether oxygens (including phenoxy) is 2. The van der Waals surface area contributed by atoms with Crippen molar-refractivity contribution in [1.29, 1.82) is 0 Å². The fourth-order valence-corrected chi connectivity index (χ4v) is 3.31. The minimum Gasteiger partial charge on any atom is -0.382 e. The second kappa shape index (κ2) is 9.38. The van der Waals surface area contributed by atoms with Crippen molar-refractivity contribution in [3.63, 3.8) is 0 Å². The highest BCUT2D eigenvalue weighted by atomic mass is 16.5. The van der Waals surface area contributed by atoms with Crippen molar-refractivity contribution in [3.8, 4) is 0 Å². The lowest BCUT2D eigenvalue weighted by Gasteiger charge is -2.36. The largest absolute Gasteiger partial charge is 0.382 e. The number of nitrogens with zero attached hydrogens (tertiary/aromatic N) is 5. The zero-order chi connectivity index (χ0) is 19.1. The number of hydrogen-bond donors (Lipinski definition) is 0. The average Bonchev–Trinajstić information content (AvgIpc) is 3.24. The van der Waals surface area contributed by atoms with E-state index in [2.05, 4.69) is 21.5 Å². The summed E-state index contributed by atoms with van der Waals surface area (Å²) < 4.78 is 12.6. The molecule has 0 radical (unpaired) electrons. The fourth-order valence-electron chi connectivity index (χ4n) is 3.31. The molecular weight excluding hydrogens is 346 g/mol. The molecule has 1 aliphatic carbocycles. The van der Waals surface area contributed by atoms with Gasteiger partial charge < -0.3 is 9.47 Å². The third kappa shape index (κ3) is 4.78. The van der Waals surface area contributed by atoms with Gasteiger partial charge >= 0.3 is 0 Å². The van der Waals surface area contributed by atoms with E-state index in [0.29, 0.717) is 24.6 Å². The number of amides is 1. The Labute approximate surface area is 158 Å². The van der Waals surface area contributed by atoms with E-state index >= 15 is 0 Å². The Kier molecular flexibility index (Phi) is 6.67. The molecule has 27 heavy (non-hydrogen) atoms. The van der Waals surface area contributed by atoms with Gasteiger partial charge in [0.25, 0.3) is 5.91 Å². The number of aromatic nitrogens is 4. The summed E-state index contributed by atoms with van der Waals surface area (Å²) in [5.74, 6) is -0.178. The zero-order valence-corrected chi connectivity index (χ0v) is 15.5. The van der Waals surface area contributed by atoms with Gasteiger partial charge in [-0.05, 0) is 37.8 Å². The van der Waals surface area contributed by atoms with E-state index in [-0.39, 0.29) is 18.1 Å². The van der Waals surface area contributed by atoms with Gasteiger partial charge in [-0.3, -0.25) is 4.79 Å². The van der Waals surface area contributed by atoms with E-state index < -0.39 is 0 Å². The molecule has 0 saturated heterocycles. The molecule has 0 bridgehead atoms. The smallest absolute Gasteiger partial charge is 0.291 e. The van der Waals surface area contributed by atoms with Gasteiger partial charge in [-0.25, -0.2) is 24.6 Å². The fraction of sp³-hybridized carbons (Fsp3) is 0.474. The Balaban J connectivity index is 1.73. The van der Waals surface area contributed by atoms with Crippen molar-refractivity contribution in [2.24, 2.45) is 0 Å². The third-order valence-corrected chi connectivity index (χ3v) is 4.69. The Morgan fingerprint density at radius 1 is 1.33 bits per heavy atom. The molecule has 0 N–H and O–H groups in total. The first-order valence-electron chi connectivity index (χ1n) is 9.09. The van der Waals surface area contributed by atoms with Crippen LogP contribution in [-0.4, -0.2) is 58.0 Å².